The fourth-order valence-electron chi connectivity index (χ4n) is 3.06. The van der Waals surface area contributed by atoms with E-state index in [1.807, 2.05) is 0 Å². The van der Waals surface area contributed by atoms with Gasteiger partial charge in [-0.3, -0.25) is 14.4 Å². The smallest absolute Gasteiger partial charge is 0.338 e. The molecule has 1 aromatic rings. The van der Waals surface area contributed by atoms with E-state index in [2.05, 4.69) is 0 Å². The van der Waals surface area contributed by atoms with Crippen molar-refractivity contribution in [3.63, 3.8) is 0 Å². The minimum absolute atomic E-state index is 0.0163. The Morgan fingerprint density at radius 2 is 1.88 bits per heavy atom. The molecule has 0 unspecified atom stereocenters. The quantitative estimate of drug-likeness (QED) is 0.603. The summed E-state index contributed by atoms with van der Waals surface area (Å²) < 4.78 is 24.8. The molecule has 2 rings (SSSR count). The molecule has 11 heteroatoms. The van der Waals surface area contributed by atoms with Crippen molar-refractivity contribution in [1.29, 1.82) is 0 Å². The lowest BCUT2D eigenvalue weighted by Gasteiger charge is -2.34. The monoisotopic (exact) mass is 467 g/mol. The molecule has 1 aliphatic rings. The van der Waals surface area contributed by atoms with Crippen LogP contribution in [0.5, 0.6) is 0 Å². The lowest BCUT2D eigenvalue weighted by atomic mass is 10.1. The van der Waals surface area contributed by atoms with E-state index >= 15 is 0 Å². The molecule has 0 spiro atoms. The van der Waals surface area contributed by atoms with Gasteiger partial charge in [0, 0.05) is 38.9 Å². The van der Waals surface area contributed by atoms with Crippen molar-refractivity contribution < 1.29 is 38.1 Å². The van der Waals surface area contributed by atoms with E-state index in [9.17, 15) is 28.7 Å². The number of rotatable bonds is 6. The number of hydrogen-bond donors (Lipinski definition) is 1. The molecular weight excluding hydrogens is 437 g/mol. The Kier molecular flexibility index (Phi) is 8.15. The third-order valence-electron chi connectivity index (χ3n) is 4.72. The van der Waals surface area contributed by atoms with Gasteiger partial charge in [0.1, 0.15) is 11.4 Å². The molecule has 3 amide bonds. The van der Waals surface area contributed by atoms with Crippen LogP contribution in [-0.4, -0.2) is 97.2 Å². The van der Waals surface area contributed by atoms with Crippen molar-refractivity contribution in [2.24, 2.45) is 0 Å². The molecule has 0 aromatic heterocycles. The molecule has 1 aliphatic heterocycles. The Morgan fingerprint density at radius 1 is 1.24 bits per heavy atom. The second-order valence-electron chi connectivity index (χ2n) is 8.91. The van der Waals surface area contributed by atoms with Gasteiger partial charge in [-0.25, -0.2) is 9.18 Å². The van der Waals surface area contributed by atoms with Crippen LogP contribution < -0.4 is 4.90 Å². The standard InChI is InChI=1S/C22H30FN3O7/c1-22(2,3)33-21(31)17(28)18-20(30)26(7-8-32-18)15-10-13(9-14(23)11-15)19(29)25(6)12-16(27)24(4)5/h9-11,17-18,28H,7-8,12H2,1-6H3/t17-,18-/m1/s1. The van der Waals surface area contributed by atoms with Crippen LogP contribution in [-0.2, 0) is 23.9 Å². The predicted octanol–water partition coefficient (Wildman–Crippen LogP) is 0.420. The van der Waals surface area contributed by atoms with Crippen molar-refractivity contribution >= 4 is 29.4 Å². The molecule has 1 saturated heterocycles. The number of benzene rings is 1. The number of aliphatic hydroxyl groups is 1. The van der Waals surface area contributed by atoms with Gasteiger partial charge in [0.25, 0.3) is 11.8 Å². The van der Waals surface area contributed by atoms with Crippen molar-refractivity contribution in [3.05, 3.63) is 29.6 Å². The van der Waals surface area contributed by atoms with E-state index in [0.717, 1.165) is 21.9 Å². The van der Waals surface area contributed by atoms with Crippen molar-refractivity contribution in [1.82, 2.24) is 9.80 Å². The molecule has 0 saturated carbocycles. The van der Waals surface area contributed by atoms with Crippen LogP contribution in [0.3, 0.4) is 0 Å². The number of aliphatic hydroxyl groups excluding tert-OH is 1. The zero-order valence-electron chi connectivity index (χ0n) is 19.6. The SMILES string of the molecule is CN(C)C(=O)CN(C)C(=O)c1cc(F)cc(N2CCO[C@H]([C@@H](O)C(=O)OC(C)(C)C)C2=O)c1. The van der Waals surface area contributed by atoms with E-state index < -0.39 is 41.4 Å². The molecule has 182 valence electrons. The van der Waals surface area contributed by atoms with Gasteiger partial charge in [-0.05, 0) is 39.0 Å². The predicted molar refractivity (Wildman–Crippen MR) is 116 cm³/mol. The van der Waals surface area contributed by atoms with Gasteiger partial charge in [0.05, 0.1) is 13.2 Å². The number of morpholine rings is 1. The number of ether oxygens (including phenoxy) is 2. The normalized spacial score (nSPS) is 17.4. The Balaban J connectivity index is 2.25. The lowest BCUT2D eigenvalue weighted by molar-refractivity contribution is -0.177. The Morgan fingerprint density at radius 3 is 2.45 bits per heavy atom. The molecule has 33 heavy (non-hydrogen) atoms. The Bertz CT molecular complexity index is 929. The number of esters is 1. The minimum Gasteiger partial charge on any atom is -0.458 e. The van der Waals surface area contributed by atoms with Crippen LogP contribution in [0.2, 0.25) is 0 Å². The number of likely N-dealkylation sites (N-methyl/N-ethyl adjacent to an activating group) is 2. The third-order valence-corrected chi connectivity index (χ3v) is 4.72. The maximum atomic E-state index is 14.4. The molecule has 0 bridgehead atoms. The summed E-state index contributed by atoms with van der Waals surface area (Å²) in [6.07, 6.45) is -3.42. The number of carbonyl (C=O) groups excluding carboxylic acids is 4. The first kappa shape index (κ1) is 26.2. The van der Waals surface area contributed by atoms with Gasteiger partial charge in [-0.2, -0.15) is 0 Å². The summed E-state index contributed by atoms with van der Waals surface area (Å²) in [5, 5.41) is 10.3. The molecule has 0 aliphatic carbocycles. The summed E-state index contributed by atoms with van der Waals surface area (Å²) >= 11 is 0. The molecule has 10 nitrogen and oxygen atoms in total. The van der Waals surface area contributed by atoms with E-state index in [4.69, 9.17) is 9.47 Å². The number of nitrogens with zero attached hydrogens (tertiary/aromatic N) is 3. The topological polar surface area (TPSA) is 117 Å². The Labute approximate surface area is 191 Å². The summed E-state index contributed by atoms with van der Waals surface area (Å²) in [6.45, 7) is 4.61. The number of hydrogen-bond acceptors (Lipinski definition) is 7. The van der Waals surface area contributed by atoms with Gasteiger partial charge in [-0.1, -0.05) is 0 Å². The molecule has 1 aromatic carbocycles. The van der Waals surface area contributed by atoms with Crippen LogP contribution in [0.15, 0.2) is 18.2 Å². The zero-order valence-corrected chi connectivity index (χ0v) is 19.6. The average Bonchev–Trinajstić information content (AvgIpc) is 2.70. The highest BCUT2D eigenvalue weighted by atomic mass is 19.1. The van der Waals surface area contributed by atoms with Gasteiger partial charge in [-0.15, -0.1) is 0 Å². The Hall–Kier alpha value is -3.05. The first-order valence-corrected chi connectivity index (χ1v) is 10.3. The van der Waals surface area contributed by atoms with Crippen molar-refractivity contribution in [2.75, 3.05) is 45.7 Å². The first-order chi connectivity index (χ1) is 15.2. The summed E-state index contributed by atoms with van der Waals surface area (Å²) in [5.74, 6) is -3.50. The largest absolute Gasteiger partial charge is 0.458 e. The number of halogens is 1. The molecule has 1 heterocycles. The summed E-state index contributed by atoms with van der Waals surface area (Å²) in [4.78, 5) is 53.3. The molecule has 0 radical (unpaired) electrons. The fraction of sp³-hybridized carbons (Fsp3) is 0.545. The molecule has 2 atom stereocenters. The summed E-state index contributed by atoms with van der Waals surface area (Å²) in [6, 6.07) is 3.37. The zero-order chi connectivity index (χ0) is 25.1. The van der Waals surface area contributed by atoms with E-state index in [1.54, 1.807) is 34.9 Å². The summed E-state index contributed by atoms with van der Waals surface area (Å²) in [7, 11) is 4.50. The maximum Gasteiger partial charge on any atom is 0.338 e. The second-order valence-corrected chi connectivity index (χ2v) is 8.91. The van der Waals surface area contributed by atoms with Crippen LogP contribution in [0.4, 0.5) is 10.1 Å². The van der Waals surface area contributed by atoms with Gasteiger partial charge in [0.2, 0.25) is 5.91 Å². The van der Waals surface area contributed by atoms with Gasteiger partial charge >= 0.3 is 5.97 Å². The summed E-state index contributed by atoms with van der Waals surface area (Å²) in [5.41, 5.74) is -0.893. The van der Waals surface area contributed by atoms with E-state index in [0.29, 0.717) is 0 Å². The average molecular weight is 467 g/mol. The molecule has 1 fully saturated rings. The second kappa shape index (κ2) is 10.3. The number of carbonyl (C=O) groups is 4. The van der Waals surface area contributed by atoms with Crippen LogP contribution in [0.25, 0.3) is 0 Å². The van der Waals surface area contributed by atoms with Crippen LogP contribution in [0, 0.1) is 5.82 Å². The van der Waals surface area contributed by atoms with Crippen LogP contribution >= 0.6 is 0 Å². The van der Waals surface area contributed by atoms with Gasteiger partial charge < -0.3 is 29.3 Å². The van der Waals surface area contributed by atoms with E-state index in [-0.39, 0.29) is 36.9 Å². The number of amides is 3. The first-order valence-electron chi connectivity index (χ1n) is 10.3. The highest BCUT2D eigenvalue weighted by Crippen LogP contribution is 2.24. The van der Waals surface area contributed by atoms with E-state index in [1.165, 1.54) is 18.0 Å². The molecule has 1 N–H and O–H groups in total. The third kappa shape index (κ3) is 6.72. The highest BCUT2D eigenvalue weighted by Gasteiger charge is 2.41. The fourth-order valence-corrected chi connectivity index (χ4v) is 3.06. The minimum atomic E-state index is -1.88. The highest BCUT2D eigenvalue weighted by molar-refractivity contribution is 6.02. The maximum absolute atomic E-state index is 14.4. The lowest BCUT2D eigenvalue weighted by Crippen LogP contribution is -2.55. The van der Waals surface area contributed by atoms with Gasteiger partial charge in [0.15, 0.2) is 12.2 Å². The van der Waals surface area contributed by atoms with Crippen LogP contribution in [0.1, 0.15) is 31.1 Å². The molecular formula is C22H30FN3O7. The van der Waals surface area contributed by atoms with Crippen molar-refractivity contribution in [2.45, 2.75) is 38.6 Å². The van der Waals surface area contributed by atoms with Crippen molar-refractivity contribution in [3.8, 4) is 0 Å². The number of anilines is 1.